The summed E-state index contributed by atoms with van der Waals surface area (Å²) in [6.45, 7) is 8.90. The van der Waals surface area contributed by atoms with Gasteiger partial charge in [0.05, 0.1) is 12.8 Å². The van der Waals surface area contributed by atoms with Gasteiger partial charge in [-0.15, -0.1) is 0 Å². The van der Waals surface area contributed by atoms with Gasteiger partial charge in [-0.25, -0.2) is 4.39 Å². The number of benzene rings is 2. The highest BCUT2D eigenvalue weighted by Gasteiger charge is 2.16. The normalized spacial score (nSPS) is 13.0. The third-order valence-corrected chi connectivity index (χ3v) is 4.68. The standard InChI is InChI=1S/C25H30FNO/c1-6-8-9-14-22(23-17-20(28-5)15-16-24(23)26)19(4)25(27-7-2)21-13-11-10-12-18(21)3/h9-17H,6-8H2,1-5H3/b14-9-,22-19+,27-25?. The first-order valence-electron chi connectivity index (χ1n) is 9.85. The average molecular weight is 380 g/mol. The fraction of sp³-hybridized carbons (Fsp3) is 0.320. The Morgan fingerprint density at radius 3 is 2.50 bits per heavy atom. The van der Waals surface area contributed by atoms with E-state index in [1.54, 1.807) is 19.2 Å². The molecule has 0 saturated heterocycles. The maximum atomic E-state index is 14.8. The summed E-state index contributed by atoms with van der Waals surface area (Å²) in [5.74, 6) is 0.368. The Morgan fingerprint density at radius 1 is 1.11 bits per heavy atom. The lowest BCUT2D eigenvalue weighted by atomic mass is 9.91. The summed E-state index contributed by atoms with van der Waals surface area (Å²) in [7, 11) is 1.59. The van der Waals surface area contributed by atoms with Crippen molar-refractivity contribution in [1.29, 1.82) is 0 Å². The summed E-state index contributed by atoms with van der Waals surface area (Å²) in [5, 5.41) is 0. The maximum absolute atomic E-state index is 14.8. The fourth-order valence-corrected chi connectivity index (χ4v) is 3.15. The van der Waals surface area contributed by atoms with Gasteiger partial charge < -0.3 is 4.74 Å². The van der Waals surface area contributed by atoms with Crippen molar-refractivity contribution in [2.75, 3.05) is 13.7 Å². The Balaban J connectivity index is 2.73. The predicted octanol–water partition coefficient (Wildman–Crippen LogP) is 6.78. The number of hydrogen-bond acceptors (Lipinski definition) is 2. The van der Waals surface area contributed by atoms with Gasteiger partial charge in [0.15, 0.2) is 0 Å². The molecular weight excluding hydrogens is 349 g/mol. The predicted molar refractivity (Wildman–Crippen MR) is 118 cm³/mol. The first kappa shape index (κ1) is 21.6. The van der Waals surface area contributed by atoms with Crippen LogP contribution in [0.5, 0.6) is 5.75 Å². The summed E-state index contributed by atoms with van der Waals surface area (Å²) in [6.07, 6.45) is 6.09. The first-order chi connectivity index (χ1) is 13.5. The van der Waals surface area contributed by atoms with Crippen molar-refractivity contribution in [2.24, 2.45) is 4.99 Å². The van der Waals surface area contributed by atoms with Crippen LogP contribution in [-0.2, 0) is 0 Å². The Labute approximate surface area is 168 Å². The number of unbranched alkanes of at least 4 members (excludes halogenated alkanes) is 1. The van der Waals surface area contributed by atoms with Gasteiger partial charge in [-0.2, -0.15) is 0 Å². The van der Waals surface area contributed by atoms with Gasteiger partial charge in [-0.3, -0.25) is 4.99 Å². The summed E-state index contributed by atoms with van der Waals surface area (Å²) in [5.41, 5.74) is 5.44. The number of aliphatic imine (C=N–C) groups is 1. The van der Waals surface area contributed by atoms with E-state index in [1.165, 1.54) is 6.07 Å². The molecule has 2 aromatic carbocycles. The number of rotatable bonds is 8. The molecule has 2 aromatic rings. The third-order valence-electron chi connectivity index (χ3n) is 4.68. The molecule has 0 N–H and O–H groups in total. The summed E-state index contributed by atoms with van der Waals surface area (Å²) in [4.78, 5) is 4.77. The lowest BCUT2D eigenvalue weighted by Gasteiger charge is -2.16. The second-order valence-electron chi connectivity index (χ2n) is 6.71. The Morgan fingerprint density at radius 2 is 1.86 bits per heavy atom. The van der Waals surface area contributed by atoms with Crippen molar-refractivity contribution in [3.05, 3.63) is 82.7 Å². The molecule has 3 heteroatoms. The molecule has 0 bridgehead atoms. The topological polar surface area (TPSA) is 21.6 Å². The molecule has 0 aromatic heterocycles. The van der Waals surface area contributed by atoms with Crippen LogP contribution in [0.4, 0.5) is 4.39 Å². The van der Waals surface area contributed by atoms with E-state index in [9.17, 15) is 4.39 Å². The van der Waals surface area contributed by atoms with Gasteiger partial charge in [0.25, 0.3) is 0 Å². The SMILES string of the molecule is CCC/C=C\C(=C(\C)C(=NCC)c1ccccc1C)c1cc(OC)ccc1F. The van der Waals surface area contributed by atoms with E-state index in [2.05, 4.69) is 32.1 Å². The minimum Gasteiger partial charge on any atom is -0.497 e. The smallest absolute Gasteiger partial charge is 0.131 e. The zero-order chi connectivity index (χ0) is 20.5. The molecule has 2 rings (SSSR count). The number of hydrogen-bond donors (Lipinski definition) is 0. The summed E-state index contributed by atoms with van der Waals surface area (Å²) in [6, 6.07) is 13.0. The highest BCUT2D eigenvalue weighted by atomic mass is 19.1. The zero-order valence-corrected chi connectivity index (χ0v) is 17.6. The number of nitrogens with zero attached hydrogens (tertiary/aromatic N) is 1. The zero-order valence-electron chi connectivity index (χ0n) is 17.6. The molecule has 0 atom stereocenters. The van der Waals surface area contributed by atoms with Crippen LogP contribution >= 0.6 is 0 Å². The third kappa shape index (κ3) is 5.19. The first-order valence-corrected chi connectivity index (χ1v) is 9.85. The molecule has 148 valence electrons. The second-order valence-corrected chi connectivity index (χ2v) is 6.71. The quantitative estimate of drug-likeness (QED) is 0.366. The Hall–Kier alpha value is -2.68. The number of methoxy groups -OCH3 is 1. The molecule has 0 amide bonds. The molecule has 0 aliphatic carbocycles. The van der Waals surface area contributed by atoms with Crippen LogP contribution in [-0.4, -0.2) is 19.4 Å². The summed E-state index contributed by atoms with van der Waals surface area (Å²) < 4.78 is 20.1. The van der Waals surface area contributed by atoms with Crippen LogP contribution in [0, 0.1) is 12.7 Å². The van der Waals surface area contributed by atoms with Crippen LogP contribution < -0.4 is 4.74 Å². The van der Waals surface area contributed by atoms with E-state index in [1.807, 2.05) is 32.1 Å². The van der Waals surface area contributed by atoms with E-state index < -0.39 is 0 Å². The van der Waals surface area contributed by atoms with E-state index in [4.69, 9.17) is 9.73 Å². The van der Waals surface area contributed by atoms with Gasteiger partial charge in [-0.05, 0) is 62.1 Å². The van der Waals surface area contributed by atoms with E-state index in [0.717, 1.165) is 40.8 Å². The van der Waals surface area contributed by atoms with Crippen molar-refractivity contribution in [3.63, 3.8) is 0 Å². The van der Waals surface area contributed by atoms with E-state index in [-0.39, 0.29) is 5.82 Å². The van der Waals surface area contributed by atoms with Crippen LogP contribution in [0.15, 0.2) is 65.2 Å². The molecule has 0 radical (unpaired) electrons. The van der Waals surface area contributed by atoms with Crippen molar-refractivity contribution in [2.45, 2.75) is 40.5 Å². The van der Waals surface area contributed by atoms with Crippen molar-refractivity contribution in [1.82, 2.24) is 0 Å². The number of ether oxygens (including phenoxy) is 1. The molecule has 0 saturated carbocycles. The molecule has 0 aliphatic rings. The van der Waals surface area contributed by atoms with Crippen LogP contribution in [0.1, 0.15) is 50.3 Å². The van der Waals surface area contributed by atoms with E-state index in [0.29, 0.717) is 17.9 Å². The minimum absolute atomic E-state index is 0.267. The Bertz CT molecular complexity index is 893. The van der Waals surface area contributed by atoms with E-state index >= 15 is 0 Å². The van der Waals surface area contributed by atoms with Crippen molar-refractivity contribution >= 4 is 11.3 Å². The number of aryl methyl sites for hydroxylation is 1. The molecule has 0 fully saturated rings. The highest BCUT2D eigenvalue weighted by molar-refractivity contribution is 6.17. The molecule has 0 heterocycles. The van der Waals surface area contributed by atoms with Gasteiger partial charge in [0.2, 0.25) is 0 Å². The largest absolute Gasteiger partial charge is 0.497 e. The van der Waals surface area contributed by atoms with Crippen LogP contribution in [0.3, 0.4) is 0 Å². The number of allylic oxidation sites excluding steroid dienone is 4. The molecule has 28 heavy (non-hydrogen) atoms. The second kappa shape index (κ2) is 10.6. The lowest BCUT2D eigenvalue weighted by molar-refractivity contribution is 0.413. The number of halogens is 1. The monoisotopic (exact) mass is 379 g/mol. The molecule has 2 nitrogen and oxygen atoms in total. The van der Waals surface area contributed by atoms with Crippen LogP contribution in [0.25, 0.3) is 5.57 Å². The van der Waals surface area contributed by atoms with Crippen molar-refractivity contribution < 1.29 is 9.13 Å². The summed E-state index contributed by atoms with van der Waals surface area (Å²) >= 11 is 0. The van der Waals surface area contributed by atoms with Gasteiger partial charge in [-0.1, -0.05) is 49.8 Å². The van der Waals surface area contributed by atoms with Gasteiger partial charge >= 0.3 is 0 Å². The Kier molecular flexibility index (Phi) is 8.19. The molecule has 0 unspecified atom stereocenters. The molecule has 0 aliphatic heterocycles. The van der Waals surface area contributed by atoms with Crippen molar-refractivity contribution in [3.8, 4) is 5.75 Å². The van der Waals surface area contributed by atoms with Gasteiger partial charge in [0.1, 0.15) is 11.6 Å². The average Bonchev–Trinajstić information content (AvgIpc) is 2.70. The highest BCUT2D eigenvalue weighted by Crippen LogP contribution is 2.29. The minimum atomic E-state index is -0.267. The maximum Gasteiger partial charge on any atom is 0.131 e. The molecule has 0 spiro atoms. The van der Waals surface area contributed by atoms with Crippen LogP contribution in [0.2, 0.25) is 0 Å². The molecular formula is C25H30FNO. The fourth-order valence-electron chi connectivity index (χ4n) is 3.15. The van der Waals surface area contributed by atoms with Gasteiger partial charge in [0, 0.05) is 17.7 Å². The lowest BCUT2D eigenvalue weighted by Crippen LogP contribution is -2.08.